The molecule has 2 amide bonds. The first kappa shape index (κ1) is 16.1. The smallest absolute Gasteiger partial charge is 0.266 e. The summed E-state index contributed by atoms with van der Waals surface area (Å²) in [5.41, 5.74) is 3.68. The van der Waals surface area contributed by atoms with Gasteiger partial charge in [0.15, 0.2) is 0 Å². The number of ether oxygens (including phenoxy) is 1. The quantitative estimate of drug-likeness (QED) is 0.636. The fourth-order valence-electron chi connectivity index (χ4n) is 3.02. The number of fused-ring (bicyclic) bond motifs is 1. The molecule has 0 aromatic heterocycles. The van der Waals surface area contributed by atoms with E-state index in [0.29, 0.717) is 28.3 Å². The van der Waals surface area contributed by atoms with Gasteiger partial charge in [0.25, 0.3) is 11.8 Å². The van der Waals surface area contributed by atoms with Gasteiger partial charge in [-0.05, 0) is 61.4 Å². The van der Waals surface area contributed by atoms with Gasteiger partial charge in [-0.2, -0.15) is 0 Å². The average Bonchev–Trinajstić information content (AvgIpc) is 2.90. The van der Waals surface area contributed by atoms with Crippen LogP contribution in [0.3, 0.4) is 0 Å². The van der Waals surface area contributed by atoms with E-state index >= 15 is 0 Å². The summed E-state index contributed by atoms with van der Waals surface area (Å²) in [6.45, 7) is 4.07. The monoisotopic (exact) mass is 343 g/mol. The van der Waals surface area contributed by atoms with Crippen LogP contribution in [-0.4, -0.2) is 11.8 Å². The van der Waals surface area contributed by atoms with Gasteiger partial charge in [0.2, 0.25) is 0 Å². The Morgan fingerprint density at radius 2 is 1.35 bits per heavy atom. The molecular weight excluding hydrogens is 326 g/mol. The Bertz CT molecular complexity index is 1000. The van der Waals surface area contributed by atoms with Gasteiger partial charge < -0.3 is 4.74 Å². The summed E-state index contributed by atoms with van der Waals surface area (Å²) in [7, 11) is 0. The molecule has 4 nitrogen and oxygen atoms in total. The maximum absolute atomic E-state index is 12.6. The molecule has 0 spiro atoms. The zero-order chi connectivity index (χ0) is 18.3. The summed E-state index contributed by atoms with van der Waals surface area (Å²) in [6, 6.07) is 19.7. The van der Waals surface area contributed by atoms with Crippen LogP contribution in [0.25, 0.3) is 0 Å². The third kappa shape index (κ3) is 2.65. The minimum absolute atomic E-state index is 0.311. The largest absolute Gasteiger partial charge is 0.457 e. The molecule has 3 aromatic rings. The van der Waals surface area contributed by atoms with Gasteiger partial charge in [0.05, 0.1) is 16.8 Å². The molecule has 0 saturated carbocycles. The van der Waals surface area contributed by atoms with E-state index in [-0.39, 0.29) is 11.8 Å². The van der Waals surface area contributed by atoms with Gasteiger partial charge in [-0.3, -0.25) is 9.59 Å². The van der Waals surface area contributed by atoms with Crippen molar-refractivity contribution in [1.82, 2.24) is 0 Å². The SMILES string of the molecule is Cc1ccc(Oc2cccc(N3C(=O)c4ccccc4C3=O)c2)cc1C. The first-order chi connectivity index (χ1) is 12.5. The van der Waals surface area contributed by atoms with Crippen LogP contribution in [0.5, 0.6) is 11.5 Å². The number of hydrogen-bond donors (Lipinski definition) is 0. The van der Waals surface area contributed by atoms with Crippen molar-refractivity contribution in [2.75, 3.05) is 4.90 Å². The molecule has 0 saturated heterocycles. The van der Waals surface area contributed by atoms with Crippen LogP contribution in [0.1, 0.15) is 31.8 Å². The molecule has 128 valence electrons. The van der Waals surface area contributed by atoms with Crippen molar-refractivity contribution in [2.24, 2.45) is 0 Å². The molecule has 3 aromatic carbocycles. The molecule has 4 heteroatoms. The first-order valence-electron chi connectivity index (χ1n) is 8.37. The Balaban J connectivity index is 1.65. The fourth-order valence-corrected chi connectivity index (χ4v) is 3.02. The van der Waals surface area contributed by atoms with Crippen LogP contribution < -0.4 is 9.64 Å². The number of hydrogen-bond acceptors (Lipinski definition) is 3. The standard InChI is InChI=1S/C22H17NO3/c1-14-10-11-18(12-15(14)2)26-17-7-5-6-16(13-17)23-21(24)19-8-3-4-9-20(19)22(23)25/h3-13H,1-2H3. The summed E-state index contributed by atoms with van der Waals surface area (Å²) in [6.07, 6.45) is 0. The number of amides is 2. The van der Waals surface area contributed by atoms with E-state index in [9.17, 15) is 9.59 Å². The molecule has 0 fully saturated rings. The van der Waals surface area contributed by atoms with Crippen molar-refractivity contribution in [3.63, 3.8) is 0 Å². The van der Waals surface area contributed by atoms with Gasteiger partial charge in [0, 0.05) is 6.07 Å². The van der Waals surface area contributed by atoms with Crippen molar-refractivity contribution < 1.29 is 14.3 Å². The Kier molecular flexibility index (Phi) is 3.81. The first-order valence-corrected chi connectivity index (χ1v) is 8.37. The summed E-state index contributed by atoms with van der Waals surface area (Å²) in [5.74, 6) is 0.665. The molecule has 0 radical (unpaired) electrons. The number of benzene rings is 3. The number of carbonyl (C=O) groups is 2. The predicted molar refractivity (Wildman–Crippen MR) is 100 cm³/mol. The highest BCUT2D eigenvalue weighted by Crippen LogP contribution is 2.32. The number of rotatable bonds is 3. The van der Waals surface area contributed by atoms with Gasteiger partial charge in [-0.15, -0.1) is 0 Å². The van der Waals surface area contributed by atoms with Crippen LogP contribution in [0, 0.1) is 13.8 Å². The van der Waals surface area contributed by atoms with E-state index in [1.54, 1.807) is 48.5 Å². The second kappa shape index (κ2) is 6.15. The Morgan fingerprint density at radius 3 is 2.00 bits per heavy atom. The van der Waals surface area contributed by atoms with E-state index in [2.05, 4.69) is 0 Å². The zero-order valence-electron chi connectivity index (χ0n) is 14.5. The lowest BCUT2D eigenvalue weighted by Gasteiger charge is -2.15. The van der Waals surface area contributed by atoms with E-state index in [0.717, 1.165) is 5.56 Å². The highest BCUT2D eigenvalue weighted by Gasteiger charge is 2.36. The Labute approximate surface area is 151 Å². The van der Waals surface area contributed by atoms with Crippen LogP contribution in [0.4, 0.5) is 5.69 Å². The fraction of sp³-hybridized carbons (Fsp3) is 0.0909. The van der Waals surface area contributed by atoms with Crippen molar-refractivity contribution >= 4 is 17.5 Å². The van der Waals surface area contributed by atoms with Crippen LogP contribution in [-0.2, 0) is 0 Å². The van der Waals surface area contributed by atoms with E-state index in [4.69, 9.17) is 4.74 Å². The summed E-state index contributed by atoms with van der Waals surface area (Å²) in [5, 5.41) is 0. The van der Waals surface area contributed by atoms with Crippen molar-refractivity contribution in [2.45, 2.75) is 13.8 Å². The number of imide groups is 1. The lowest BCUT2D eigenvalue weighted by Crippen LogP contribution is -2.29. The normalized spacial score (nSPS) is 13.1. The molecule has 1 heterocycles. The van der Waals surface area contributed by atoms with E-state index in [1.807, 2.05) is 32.0 Å². The second-order valence-corrected chi connectivity index (χ2v) is 6.34. The van der Waals surface area contributed by atoms with E-state index < -0.39 is 0 Å². The molecule has 0 aliphatic carbocycles. The zero-order valence-corrected chi connectivity index (χ0v) is 14.5. The van der Waals surface area contributed by atoms with Gasteiger partial charge in [0.1, 0.15) is 11.5 Å². The van der Waals surface area contributed by atoms with E-state index in [1.165, 1.54) is 10.5 Å². The molecule has 26 heavy (non-hydrogen) atoms. The van der Waals surface area contributed by atoms with Crippen molar-refractivity contribution in [3.8, 4) is 11.5 Å². The number of anilines is 1. The highest BCUT2D eigenvalue weighted by atomic mass is 16.5. The molecule has 0 unspecified atom stereocenters. The highest BCUT2D eigenvalue weighted by molar-refractivity contribution is 6.34. The minimum Gasteiger partial charge on any atom is -0.457 e. The molecule has 0 atom stereocenters. The minimum atomic E-state index is -0.311. The van der Waals surface area contributed by atoms with Crippen LogP contribution in [0.15, 0.2) is 66.7 Å². The van der Waals surface area contributed by atoms with Crippen molar-refractivity contribution in [1.29, 1.82) is 0 Å². The average molecular weight is 343 g/mol. The number of carbonyl (C=O) groups excluding carboxylic acids is 2. The molecular formula is C22H17NO3. The summed E-state index contributed by atoms with van der Waals surface area (Å²) >= 11 is 0. The van der Waals surface area contributed by atoms with Crippen molar-refractivity contribution in [3.05, 3.63) is 89.0 Å². The van der Waals surface area contributed by atoms with Crippen LogP contribution >= 0.6 is 0 Å². The lowest BCUT2D eigenvalue weighted by atomic mass is 10.1. The Hall–Kier alpha value is -3.40. The second-order valence-electron chi connectivity index (χ2n) is 6.34. The maximum Gasteiger partial charge on any atom is 0.266 e. The van der Waals surface area contributed by atoms with Crippen LogP contribution in [0.2, 0.25) is 0 Å². The third-order valence-electron chi connectivity index (χ3n) is 4.58. The van der Waals surface area contributed by atoms with Gasteiger partial charge >= 0.3 is 0 Å². The lowest BCUT2D eigenvalue weighted by molar-refractivity contribution is 0.0926. The topological polar surface area (TPSA) is 46.6 Å². The number of nitrogens with zero attached hydrogens (tertiary/aromatic N) is 1. The van der Waals surface area contributed by atoms with Gasteiger partial charge in [-0.25, -0.2) is 4.90 Å². The molecule has 0 N–H and O–H groups in total. The maximum atomic E-state index is 12.6. The number of aryl methyl sites for hydroxylation is 2. The molecule has 4 rings (SSSR count). The summed E-state index contributed by atoms with van der Waals surface area (Å²) < 4.78 is 5.91. The van der Waals surface area contributed by atoms with Gasteiger partial charge in [-0.1, -0.05) is 24.3 Å². The Morgan fingerprint density at radius 1 is 0.692 bits per heavy atom. The predicted octanol–water partition coefficient (Wildman–Crippen LogP) is 4.90. The molecule has 1 aliphatic heterocycles. The third-order valence-corrected chi connectivity index (χ3v) is 4.58. The summed E-state index contributed by atoms with van der Waals surface area (Å²) in [4.78, 5) is 26.4. The molecule has 0 bridgehead atoms. The molecule has 1 aliphatic rings.